The predicted molar refractivity (Wildman–Crippen MR) is 102 cm³/mol. The van der Waals surface area contributed by atoms with Crippen molar-refractivity contribution in [3.05, 3.63) is 95.6 Å². The van der Waals surface area contributed by atoms with Gasteiger partial charge in [0.05, 0.1) is 17.3 Å². The van der Waals surface area contributed by atoms with E-state index in [1.54, 1.807) is 24.3 Å². The standard InChI is InChI=1S/C22H17N3O2/c23-15-17-12-10-16(11-13-17)14-22(25(27)18-6-2-1-3-7-18)19-8-4-5-9-20(19)24-21(22)26/h1-13,27H,14H2,(H,24,26)/t22-/m0/s1. The molecule has 0 aliphatic carbocycles. The van der Waals surface area contributed by atoms with E-state index in [1.165, 1.54) is 0 Å². The molecule has 5 nitrogen and oxygen atoms in total. The molecule has 2 N–H and O–H groups in total. The minimum absolute atomic E-state index is 0.257. The Morgan fingerprint density at radius 2 is 1.63 bits per heavy atom. The fourth-order valence-corrected chi connectivity index (χ4v) is 3.54. The van der Waals surface area contributed by atoms with Crippen LogP contribution in [0.3, 0.4) is 0 Å². The van der Waals surface area contributed by atoms with Crippen LogP contribution >= 0.6 is 0 Å². The van der Waals surface area contributed by atoms with Crippen LogP contribution in [-0.2, 0) is 16.8 Å². The molecule has 0 aromatic heterocycles. The molecular formula is C22H17N3O2. The second kappa shape index (κ2) is 6.60. The number of carbonyl (C=O) groups is 1. The largest absolute Gasteiger partial charge is 0.323 e. The first-order valence-electron chi connectivity index (χ1n) is 8.59. The lowest BCUT2D eigenvalue weighted by Gasteiger charge is -2.36. The molecule has 1 aliphatic rings. The molecule has 0 saturated heterocycles. The van der Waals surface area contributed by atoms with E-state index in [2.05, 4.69) is 11.4 Å². The first-order valence-corrected chi connectivity index (χ1v) is 8.59. The van der Waals surface area contributed by atoms with Crippen LogP contribution in [0.2, 0.25) is 0 Å². The van der Waals surface area contributed by atoms with Crippen LogP contribution in [0.1, 0.15) is 16.7 Å². The van der Waals surface area contributed by atoms with E-state index in [4.69, 9.17) is 5.26 Å². The predicted octanol–water partition coefficient (Wildman–Crippen LogP) is 3.84. The van der Waals surface area contributed by atoms with Crippen LogP contribution < -0.4 is 10.4 Å². The van der Waals surface area contributed by atoms with Crippen LogP contribution in [0.5, 0.6) is 0 Å². The third-order valence-corrected chi connectivity index (χ3v) is 4.90. The number of hydroxylamine groups is 1. The van der Waals surface area contributed by atoms with Crippen molar-refractivity contribution in [1.82, 2.24) is 0 Å². The Bertz CT molecular complexity index is 1030. The van der Waals surface area contributed by atoms with Gasteiger partial charge in [-0.2, -0.15) is 5.26 Å². The Balaban J connectivity index is 1.85. The summed E-state index contributed by atoms with van der Waals surface area (Å²) in [6, 6.07) is 25.5. The van der Waals surface area contributed by atoms with Gasteiger partial charge in [0.15, 0.2) is 5.54 Å². The second-order valence-corrected chi connectivity index (χ2v) is 6.49. The van der Waals surface area contributed by atoms with Crippen LogP contribution in [0, 0.1) is 11.3 Å². The molecule has 0 bridgehead atoms. The molecule has 1 aliphatic heterocycles. The van der Waals surface area contributed by atoms with Crippen molar-refractivity contribution in [1.29, 1.82) is 5.26 Å². The highest BCUT2D eigenvalue weighted by Gasteiger charge is 2.51. The first-order chi connectivity index (χ1) is 13.1. The number of amides is 1. The lowest BCUT2D eigenvalue weighted by atomic mass is 9.83. The minimum atomic E-state index is -1.30. The summed E-state index contributed by atoms with van der Waals surface area (Å²) in [5.74, 6) is -0.292. The number of nitriles is 1. The van der Waals surface area contributed by atoms with E-state index < -0.39 is 5.54 Å². The summed E-state index contributed by atoms with van der Waals surface area (Å²) in [5.41, 5.74) is 2.02. The van der Waals surface area contributed by atoms with E-state index in [0.29, 0.717) is 22.5 Å². The van der Waals surface area contributed by atoms with Crippen molar-refractivity contribution in [3.63, 3.8) is 0 Å². The van der Waals surface area contributed by atoms with E-state index in [-0.39, 0.29) is 12.3 Å². The Hall–Kier alpha value is -3.62. The Morgan fingerprint density at radius 1 is 0.963 bits per heavy atom. The van der Waals surface area contributed by atoms with Gasteiger partial charge in [-0.25, -0.2) is 5.06 Å². The maximum Gasteiger partial charge on any atom is 0.257 e. The topological polar surface area (TPSA) is 76.4 Å². The molecule has 5 heteroatoms. The van der Waals surface area contributed by atoms with Gasteiger partial charge in [-0.3, -0.25) is 10.0 Å². The van der Waals surface area contributed by atoms with Gasteiger partial charge >= 0.3 is 0 Å². The fraction of sp³-hybridized carbons (Fsp3) is 0.0909. The molecular weight excluding hydrogens is 338 g/mol. The molecule has 0 fully saturated rings. The van der Waals surface area contributed by atoms with Crippen LogP contribution in [0.4, 0.5) is 11.4 Å². The van der Waals surface area contributed by atoms with Crippen molar-refractivity contribution in [2.45, 2.75) is 12.0 Å². The SMILES string of the molecule is N#Cc1ccc(C[C@@]2(N(O)c3ccccc3)C(=O)Nc3ccccc32)cc1. The van der Waals surface area contributed by atoms with Crippen LogP contribution in [-0.4, -0.2) is 11.1 Å². The summed E-state index contributed by atoms with van der Waals surface area (Å²) in [7, 11) is 0. The average molecular weight is 355 g/mol. The van der Waals surface area contributed by atoms with Crippen molar-refractivity contribution in [2.75, 3.05) is 10.4 Å². The molecule has 27 heavy (non-hydrogen) atoms. The lowest BCUT2D eigenvalue weighted by Crippen LogP contribution is -2.51. The van der Waals surface area contributed by atoms with Crippen molar-refractivity contribution in [2.24, 2.45) is 0 Å². The van der Waals surface area contributed by atoms with E-state index in [1.807, 2.05) is 54.6 Å². The number of para-hydroxylation sites is 2. The molecule has 1 heterocycles. The van der Waals surface area contributed by atoms with Gasteiger partial charge in [-0.05, 0) is 35.9 Å². The quantitative estimate of drug-likeness (QED) is 0.697. The molecule has 0 spiro atoms. The van der Waals surface area contributed by atoms with Crippen molar-refractivity contribution >= 4 is 17.3 Å². The average Bonchev–Trinajstić information content (AvgIpc) is 3.01. The Kier molecular flexibility index (Phi) is 4.11. The van der Waals surface area contributed by atoms with Gasteiger partial charge in [0.2, 0.25) is 0 Å². The highest BCUT2D eigenvalue weighted by atomic mass is 16.5. The summed E-state index contributed by atoms with van der Waals surface area (Å²) in [5, 5.41) is 24.1. The Morgan fingerprint density at radius 3 is 2.33 bits per heavy atom. The number of hydrogen-bond acceptors (Lipinski definition) is 4. The summed E-state index contributed by atoms with van der Waals surface area (Å²) in [6.07, 6.45) is 0.257. The number of benzene rings is 3. The molecule has 0 unspecified atom stereocenters. The number of nitrogens with one attached hydrogen (secondary N) is 1. The van der Waals surface area contributed by atoms with E-state index in [9.17, 15) is 10.0 Å². The summed E-state index contributed by atoms with van der Waals surface area (Å²) >= 11 is 0. The second-order valence-electron chi connectivity index (χ2n) is 6.49. The highest BCUT2D eigenvalue weighted by molar-refractivity contribution is 6.08. The molecule has 132 valence electrons. The monoisotopic (exact) mass is 355 g/mol. The summed E-state index contributed by atoms with van der Waals surface area (Å²) in [4.78, 5) is 13.1. The molecule has 0 radical (unpaired) electrons. The number of hydrogen-bond donors (Lipinski definition) is 2. The lowest BCUT2D eigenvalue weighted by molar-refractivity contribution is -0.123. The maximum atomic E-state index is 13.1. The molecule has 3 aromatic carbocycles. The van der Waals surface area contributed by atoms with E-state index >= 15 is 0 Å². The highest BCUT2D eigenvalue weighted by Crippen LogP contribution is 2.43. The van der Waals surface area contributed by atoms with Gasteiger partial charge in [0, 0.05) is 17.7 Å². The molecule has 0 saturated carbocycles. The fourth-order valence-electron chi connectivity index (χ4n) is 3.54. The van der Waals surface area contributed by atoms with E-state index in [0.717, 1.165) is 10.6 Å². The third kappa shape index (κ3) is 2.73. The first kappa shape index (κ1) is 16.8. The zero-order chi connectivity index (χ0) is 18.9. The van der Waals surface area contributed by atoms with Gasteiger partial charge < -0.3 is 5.32 Å². The number of anilines is 2. The molecule has 4 rings (SSSR count). The van der Waals surface area contributed by atoms with Gasteiger partial charge in [0.1, 0.15) is 0 Å². The Labute approximate surface area is 157 Å². The number of nitrogens with zero attached hydrogens (tertiary/aromatic N) is 2. The van der Waals surface area contributed by atoms with Crippen molar-refractivity contribution in [3.8, 4) is 6.07 Å². The van der Waals surface area contributed by atoms with Crippen LogP contribution in [0.15, 0.2) is 78.9 Å². The molecule has 3 aromatic rings. The van der Waals surface area contributed by atoms with Crippen LogP contribution in [0.25, 0.3) is 0 Å². The van der Waals surface area contributed by atoms with Gasteiger partial charge in [-0.15, -0.1) is 0 Å². The zero-order valence-electron chi connectivity index (χ0n) is 14.5. The van der Waals surface area contributed by atoms with Crippen molar-refractivity contribution < 1.29 is 10.0 Å². The number of fused-ring (bicyclic) bond motifs is 1. The normalized spacial score (nSPS) is 17.7. The maximum absolute atomic E-state index is 13.1. The third-order valence-electron chi connectivity index (χ3n) is 4.90. The number of rotatable bonds is 4. The molecule has 1 atom stereocenters. The summed E-state index contributed by atoms with van der Waals surface area (Å²) < 4.78 is 0. The minimum Gasteiger partial charge on any atom is -0.323 e. The number of carbonyl (C=O) groups excluding carboxylic acids is 1. The van der Waals surface area contributed by atoms with Gasteiger partial charge in [-0.1, -0.05) is 48.5 Å². The zero-order valence-corrected chi connectivity index (χ0v) is 14.5. The smallest absolute Gasteiger partial charge is 0.257 e. The summed E-state index contributed by atoms with van der Waals surface area (Å²) in [6.45, 7) is 0. The van der Waals surface area contributed by atoms with Gasteiger partial charge in [0.25, 0.3) is 5.91 Å². The molecule has 1 amide bonds.